The van der Waals surface area contributed by atoms with Gasteiger partial charge in [0, 0.05) is 6.54 Å². The number of alkyl halides is 1. The number of methoxy groups -OCH3 is 1. The van der Waals surface area contributed by atoms with E-state index < -0.39 is 5.41 Å². The lowest BCUT2D eigenvalue weighted by Crippen LogP contribution is -2.54. The molecule has 4 rings (SSSR count). The van der Waals surface area contributed by atoms with E-state index in [1.165, 1.54) is 0 Å². The van der Waals surface area contributed by atoms with Gasteiger partial charge in [-0.2, -0.15) is 0 Å². The summed E-state index contributed by atoms with van der Waals surface area (Å²) in [6.45, 7) is 7.02. The summed E-state index contributed by atoms with van der Waals surface area (Å²) in [5.41, 5.74) is 0.327. The van der Waals surface area contributed by atoms with Gasteiger partial charge in [-0.1, -0.05) is 28.4 Å². The number of nitrogens with zero attached hydrogens (tertiary/aromatic N) is 1. The van der Waals surface area contributed by atoms with Crippen LogP contribution in [0.3, 0.4) is 0 Å². The third-order valence-corrected chi connectivity index (χ3v) is 8.06. The lowest BCUT2D eigenvalue weighted by molar-refractivity contribution is -0.157. The van der Waals surface area contributed by atoms with Crippen LogP contribution >= 0.6 is 15.9 Å². The summed E-state index contributed by atoms with van der Waals surface area (Å²) < 4.78 is 23.6. The van der Waals surface area contributed by atoms with Crippen LogP contribution in [0.5, 0.6) is 11.5 Å². The summed E-state index contributed by atoms with van der Waals surface area (Å²) in [6.07, 6.45) is 4.63. The number of benzene rings is 1. The molecule has 0 N–H and O–H groups in total. The highest BCUT2D eigenvalue weighted by Gasteiger charge is 2.70. The number of likely N-dealkylation sites (tertiary alicyclic amines) is 1. The number of rotatable bonds is 6. The minimum absolute atomic E-state index is 0.0189. The molecule has 1 saturated heterocycles. The number of para-hydroxylation sites is 1. The Bertz CT molecular complexity index is 887. The first-order valence-corrected chi connectivity index (χ1v) is 11.9. The molecule has 0 amide bonds. The Hall–Kier alpha value is -1.73. The van der Waals surface area contributed by atoms with Crippen LogP contribution in [0, 0.1) is 11.3 Å². The van der Waals surface area contributed by atoms with Crippen LogP contribution < -0.4 is 9.47 Å². The SMILES string of the molecule is CCOC(=O)C1CCCC2(Br)CN(C)C3OC(c4cccc(OC)c4OC(C)C)=CC132. The second-order valence-corrected chi connectivity index (χ2v) is 10.5. The van der Waals surface area contributed by atoms with Crippen LogP contribution in [0.2, 0.25) is 0 Å². The number of carbonyl (C=O) groups is 1. The van der Waals surface area contributed by atoms with Gasteiger partial charge >= 0.3 is 5.97 Å². The summed E-state index contributed by atoms with van der Waals surface area (Å²) >= 11 is 4.08. The highest BCUT2D eigenvalue weighted by molar-refractivity contribution is 9.10. The van der Waals surface area contributed by atoms with Gasteiger partial charge in [-0.05, 0) is 58.9 Å². The van der Waals surface area contributed by atoms with Crippen molar-refractivity contribution in [1.29, 1.82) is 0 Å². The molecule has 2 fully saturated rings. The Morgan fingerprint density at radius 2 is 2.16 bits per heavy atom. The smallest absolute Gasteiger partial charge is 0.310 e. The van der Waals surface area contributed by atoms with Gasteiger partial charge in [0.15, 0.2) is 17.7 Å². The Balaban J connectivity index is 1.86. The molecule has 170 valence electrons. The Morgan fingerprint density at radius 1 is 1.39 bits per heavy atom. The number of hydrogen-bond donors (Lipinski definition) is 0. The van der Waals surface area contributed by atoms with E-state index in [1.807, 2.05) is 39.0 Å². The van der Waals surface area contributed by atoms with Crippen LogP contribution in [-0.4, -0.2) is 54.8 Å². The number of hydrogen-bond acceptors (Lipinski definition) is 6. The predicted octanol–water partition coefficient (Wildman–Crippen LogP) is 4.61. The molecule has 1 saturated carbocycles. The molecule has 6 nitrogen and oxygen atoms in total. The molecular formula is C24H32BrNO5. The van der Waals surface area contributed by atoms with Crippen molar-refractivity contribution in [3.8, 4) is 11.5 Å². The van der Waals surface area contributed by atoms with Gasteiger partial charge in [0.1, 0.15) is 5.76 Å². The van der Waals surface area contributed by atoms with Crippen LogP contribution in [0.25, 0.3) is 5.76 Å². The molecule has 0 bridgehead atoms. The Kier molecular flexibility index (Phi) is 6.03. The first-order valence-electron chi connectivity index (χ1n) is 11.1. The van der Waals surface area contributed by atoms with Crippen molar-refractivity contribution in [2.24, 2.45) is 11.3 Å². The first-order chi connectivity index (χ1) is 14.8. The third kappa shape index (κ3) is 3.44. The van der Waals surface area contributed by atoms with Crippen LogP contribution in [0.15, 0.2) is 24.3 Å². The molecule has 2 aliphatic heterocycles. The van der Waals surface area contributed by atoms with Gasteiger partial charge < -0.3 is 18.9 Å². The summed E-state index contributed by atoms with van der Waals surface area (Å²) in [7, 11) is 3.70. The molecule has 0 radical (unpaired) electrons. The zero-order valence-electron chi connectivity index (χ0n) is 18.9. The standard InChI is InChI=1S/C24H32BrNO5/c1-6-29-21(27)17-10-8-12-23(25)14-26(4)22-24(17,23)13-19(31-22)16-9-7-11-18(28-5)20(16)30-15(2)3/h7,9,11,13,15,17,22H,6,8,10,12,14H2,1-5H3. The van der Waals surface area contributed by atoms with Crippen molar-refractivity contribution in [3.05, 3.63) is 29.8 Å². The van der Waals surface area contributed by atoms with Gasteiger partial charge in [0.05, 0.1) is 41.0 Å². The summed E-state index contributed by atoms with van der Waals surface area (Å²) in [5.74, 6) is 1.64. The molecule has 3 aliphatic rings. The fraction of sp³-hybridized carbons (Fsp3) is 0.625. The van der Waals surface area contributed by atoms with Crippen molar-refractivity contribution in [1.82, 2.24) is 4.90 Å². The topological polar surface area (TPSA) is 57.2 Å². The number of esters is 1. The molecule has 0 aromatic heterocycles. The quantitative estimate of drug-likeness (QED) is 0.426. The molecule has 4 atom stereocenters. The molecular weight excluding hydrogens is 462 g/mol. The maximum Gasteiger partial charge on any atom is 0.310 e. The van der Waals surface area contributed by atoms with E-state index in [1.54, 1.807) is 7.11 Å². The van der Waals surface area contributed by atoms with E-state index in [9.17, 15) is 4.79 Å². The number of halogens is 1. The summed E-state index contributed by atoms with van der Waals surface area (Å²) in [5, 5.41) is 0. The van der Waals surface area contributed by atoms with Crippen molar-refractivity contribution in [2.45, 2.75) is 56.7 Å². The van der Waals surface area contributed by atoms with E-state index in [2.05, 4.69) is 34.0 Å². The van der Waals surface area contributed by atoms with E-state index in [0.717, 1.165) is 37.1 Å². The highest BCUT2D eigenvalue weighted by Crippen LogP contribution is 2.65. The average Bonchev–Trinajstić information content (AvgIpc) is 3.20. The van der Waals surface area contributed by atoms with E-state index in [-0.39, 0.29) is 28.5 Å². The van der Waals surface area contributed by atoms with Gasteiger partial charge in [-0.3, -0.25) is 9.69 Å². The maximum atomic E-state index is 13.1. The lowest BCUT2D eigenvalue weighted by Gasteiger charge is -2.47. The fourth-order valence-electron chi connectivity index (χ4n) is 5.59. The average molecular weight is 494 g/mol. The van der Waals surface area contributed by atoms with Gasteiger partial charge in [0.2, 0.25) is 0 Å². The normalized spacial score (nSPS) is 32.2. The molecule has 1 spiro atoms. The van der Waals surface area contributed by atoms with Crippen molar-refractivity contribution >= 4 is 27.7 Å². The molecule has 2 heterocycles. The third-order valence-electron chi connectivity index (χ3n) is 6.72. The minimum Gasteiger partial charge on any atom is -0.493 e. The zero-order valence-corrected chi connectivity index (χ0v) is 20.5. The molecule has 7 heteroatoms. The van der Waals surface area contributed by atoms with Crippen LogP contribution in [0.1, 0.15) is 45.6 Å². The largest absolute Gasteiger partial charge is 0.493 e. The second-order valence-electron chi connectivity index (χ2n) is 8.99. The molecule has 31 heavy (non-hydrogen) atoms. The van der Waals surface area contributed by atoms with Gasteiger partial charge in [-0.25, -0.2) is 0 Å². The molecule has 4 unspecified atom stereocenters. The maximum absolute atomic E-state index is 13.1. The monoisotopic (exact) mass is 493 g/mol. The van der Waals surface area contributed by atoms with E-state index in [0.29, 0.717) is 18.1 Å². The lowest BCUT2D eigenvalue weighted by atomic mass is 9.61. The molecule has 1 aliphatic carbocycles. The van der Waals surface area contributed by atoms with E-state index >= 15 is 0 Å². The van der Waals surface area contributed by atoms with Gasteiger partial charge in [0.25, 0.3) is 0 Å². The number of carbonyl (C=O) groups excluding carboxylic acids is 1. The summed E-state index contributed by atoms with van der Waals surface area (Å²) in [4.78, 5) is 15.3. The fourth-order valence-corrected chi connectivity index (χ4v) is 6.85. The van der Waals surface area contributed by atoms with Crippen molar-refractivity contribution in [3.63, 3.8) is 0 Å². The zero-order chi connectivity index (χ0) is 22.4. The number of ether oxygens (including phenoxy) is 4. The minimum atomic E-state index is -0.514. The summed E-state index contributed by atoms with van der Waals surface area (Å²) in [6, 6.07) is 5.81. The predicted molar refractivity (Wildman–Crippen MR) is 122 cm³/mol. The van der Waals surface area contributed by atoms with Gasteiger partial charge in [-0.15, -0.1) is 0 Å². The highest BCUT2D eigenvalue weighted by atomic mass is 79.9. The Labute approximate surface area is 193 Å². The van der Waals surface area contributed by atoms with Crippen molar-refractivity contribution in [2.75, 3.05) is 27.3 Å². The van der Waals surface area contributed by atoms with Crippen molar-refractivity contribution < 1.29 is 23.7 Å². The van der Waals surface area contributed by atoms with Crippen LogP contribution in [0.4, 0.5) is 0 Å². The Morgan fingerprint density at radius 3 is 2.84 bits per heavy atom. The van der Waals surface area contributed by atoms with Crippen LogP contribution in [-0.2, 0) is 14.3 Å². The second kappa shape index (κ2) is 8.32. The first kappa shape index (κ1) is 22.5. The molecule has 1 aromatic rings. The molecule has 1 aromatic carbocycles. The van der Waals surface area contributed by atoms with E-state index in [4.69, 9.17) is 18.9 Å².